The minimum absolute atomic E-state index is 0. The van der Waals surface area contributed by atoms with Crippen LogP contribution in [-0.4, -0.2) is 11.0 Å². The molecule has 46 valence electrons. The Labute approximate surface area is 51.7 Å². The first kappa shape index (κ1) is 10.4. The molecule has 0 atom stereocenters. The fourth-order valence-corrected chi connectivity index (χ4v) is 0. The number of hydrogen-bond acceptors (Lipinski definition) is 1. The maximum atomic E-state index is 2.21. The third-order valence-corrected chi connectivity index (χ3v) is 1.84. The average Bonchev–Trinajstić information content (AvgIpc) is 1.35. The van der Waals surface area contributed by atoms with Gasteiger partial charge in [0.25, 0.3) is 0 Å². The maximum absolute atomic E-state index is 2.21. The molecule has 7 heavy (non-hydrogen) atoms. The van der Waals surface area contributed by atoms with E-state index in [1.807, 2.05) is 11.8 Å². The molecule has 0 saturated carbocycles. The molecule has 0 amide bonds. The molecular formula is C6H16S. The second kappa shape index (κ2) is 3.36. The van der Waals surface area contributed by atoms with Crippen molar-refractivity contribution >= 4 is 11.8 Å². The molecule has 0 spiro atoms. The third-order valence-electron chi connectivity index (χ3n) is 0.612. The molecule has 0 aromatic heterocycles. The van der Waals surface area contributed by atoms with Gasteiger partial charge in [0.05, 0.1) is 0 Å². The van der Waals surface area contributed by atoms with Gasteiger partial charge in [-0.3, -0.25) is 0 Å². The highest BCUT2D eigenvalue weighted by Crippen LogP contribution is 2.18. The summed E-state index contributed by atoms with van der Waals surface area (Å²) in [4.78, 5) is 0. The van der Waals surface area contributed by atoms with Gasteiger partial charge in [-0.25, -0.2) is 0 Å². The molecule has 0 heterocycles. The minimum atomic E-state index is 0. The van der Waals surface area contributed by atoms with Crippen LogP contribution in [0, 0.1) is 0 Å². The van der Waals surface area contributed by atoms with Gasteiger partial charge < -0.3 is 0 Å². The summed E-state index contributed by atoms with van der Waals surface area (Å²) in [6.45, 7) is 6.62. The Morgan fingerprint density at radius 3 is 1.29 bits per heavy atom. The maximum Gasteiger partial charge on any atom is 0.00723 e. The van der Waals surface area contributed by atoms with Gasteiger partial charge >= 0.3 is 0 Å². The molecule has 0 aliphatic rings. The second-order valence-electron chi connectivity index (χ2n) is 2.32. The van der Waals surface area contributed by atoms with Crippen LogP contribution in [0.25, 0.3) is 0 Å². The van der Waals surface area contributed by atoms with Gasteiger partial charge in [-0.1, -0.05) is 28.2 Å². The predicted octanol–water partition coefficient (Wildman–Crippen LogP) is 2.78. The zero-order chi connectivity index (χ0) is 5.21. The van der Waals surface area contributed by atoms with E-state index in [9.17, 15) is 0 Å². The summed E-state index contributed by atoms with van der Waals surface area (Å²) in [7, 11) is 0. The minimum Gasteiger partial charge on any atom is -0.159 e. The van der Waals surface area contributed by atoms with Gasteiger partial charge in [0.15, 0.2) is 0 Å². The van der Waals surface area contributed by atoms with Crippen LogP contribution in [0.15, 0.2) is 0 Å². The Hall–Kier alpha value is 0.350. The average molecular weight is 120 g/mol. The predicted molar refractivity (Wildman–Crippen MR) is 40.0 cm³/mol. The smallest absolute Gasteiger partial charge is 0.00723 e. The quantitative estimate of drug-likeness (QED) is 0.473. The van der Waals surface area contributed by atoms with Gasteiger partial charge in [0.2, 0.25) is 0 Å². The summed E-state index contributed by atoms with van der Waals surface area (Å²) in [6, 6.07) is 0. The first-order valence-corrected chi connectivity index (χ1v) is 3.34. The summed E-state index contributed by atoms with van der Waals surface area (Å²) in [6.07, 6.45) is 2.12. The van der Waals surface area contributed by atoms with Crippen molar-refractivity contribution in [3.63, 3.8) is 0 Å². The van der Waals surface area contributed by atoms with Crippen molar-refractivity contribution in [3.8, 4) is 0 Å². The van der Waals surface area contributed by atoms with Crippen LogP contribution < -0.4 is 0 Å². The highest BCUT2D eigenvalue weighted by Gasteiger charge is 2.04. The van der Waals surface area contributed by atoms with E-state index < -0.39 is 0 Å². The van der Waals surface area contributed by atoms with Gasteiger partial charge in [-0.2, -0.15) is 11.8 Å². The lowest BCUT2D eigenvalue weighted by Gasteiger charge is -2.12. The Bertz CT molecular complexity index is 33.9. The van der Waals surface area contributed by atoms with E-state index in [1.54, 1.807) is 0 Å². The van der Waals surface area contributed by atoms with Crippen molar-refractivity contribution in [3.05, 3.63) is 0 Å². The van der Waals surface area contributed by atoms with Gasteiger partial charge in [-0.05, 0) is 6.26 Å². The van der Waals surface area contributed by atoms with Gasteiger partial charge in [-0.15, -0.1) is 0 Å². The highest BCUT2D eigenvalue weighted by atomic mass is 32.2. The Morgan fingerprint density at radius 1 is 1.14 bits per heavy atom. The first-order valence-electron chi connectivity index (χ1n) is 2.11. The van der Waals surface area contributed by atoms with Crippen LogP contribution in [0.5, 0.6) is 0 Å². The third kappa shape index (κ3) is 10.7. The van der Waals surface area contributed by atoms with Crippen molar-refractivity contribution in [2.45, 2.75) is 32.9 Å². The molecule has 0 aliphatic heterocycles. The fraction of sp³-hybridized carbons (Fsp3) is 1.00. The molecule has 0 bridgehead atoms. The molecular weight excluding hydrogens is 104 g/mol. The Kier molecular flexibility index (Phi) is 4.98. The molecule has 0 N–H and O–H groups in total. The standard InChI is InChI=1S/C5H12S.CH4/c1-5(2,3)6-4;/h1-4H3;1H4. The summed E-state index contributed by atoms with van der Waals surface area (Å²) < 4.78 is 0.458. The molecule has 0 rings (SSSR count). The highest BCUT2D eigenvalue weighted by molar-refractivity contribution is 7.99. The fourth-order valence-electron chi connectivity index (χ4n) is 0. The van der Waals surface area contributed by atoms with Crippen LogP contribution in [-0.2, 0) is 0 Å². The topological polar surface area (TPSA) is 0 Å². The normalized spacial score (nSPS) is 10.3. The Morgan fingerprint density at radius 2 is 1.29 bits per heavy atom. The van der Waals surface area contributed by atoms with E-state index >= 15 is 0 Å². The zero-order valence-electron chi connectivity index (χ0n) is 4.91. The van der Waals surface area contributed by atoms with Crippen LogP contribution in [0.1, 0.15) is 28.2 Å². The van der Waals surface area contributed by atoms with E-state index in [0.29, 0.717) is 4.75 Å². The molecule has 0 radical (unpaired) electrons. The van der Waals surface area contributed by atoms with Crippen molar-refractivity contribution in [1.29, 1.82) is 0 Å². The number of thioether (sulfide) groups is 1. The van der Waals surface area contributed by atoms with E-state index in [2.05, 4.69) is 27.0 Å². The summed E-state index contributed by atoms with van der Waals surface area (Å²) in [5, 5.41) is 0. The van der Waals surface area contributed by atoms with E-state index in [1.165, 1.54) is 0 Å². The zero-order valence-corrected chi connectivity index (χ0v) is 5.72. The molecule has 0 unspecified atom stereocenters. The van der Waals surface area contributed by atoms with Crippen LogP contribution in [0.3, 0.4) is 0 Å². The first-order chi connectivity index (χ1) is 2.56. The summed E-state index contributed by atoms with van der Waals surface area (Å²) in [5.74, 6) is 0. The molecule has 0 nitrogen and oxygen atoms in total. The van der Waals surface area contributed by atoms with Crippen molar-refractivity contribution in [1.82, 2.24) is 0 Å². The number of hydrogen-bond donors (Lipinski definition) is 0. The van der Waals surface area contributed by atoms with Gasteiger partial charge in [0, 0.05) is 4.75 Å². The van der Waals surface area contributed by atoms with E-state index in [-0.39, 0.29) is 7.43 Å². The SMILES string of the molecule is C.CSC(C)(C)C. The second-order valence-corrected chi connectivity index (χ2v) is 3.95. The lowest BCUT2D eigenvalue weighted by molar-refractivity contribution is 0.806. The van der Waals surface area contributed by atoms with E-state index in [0.717, 1.165) is 0 Å². The van der Waals surface area contributed by atoms with Crippen molar-refractivity contribution < 1.29 is 0 Å². The molecule has 0 fully saturated rings. The number of rotatable bonds is 0. The van der Waals surface area contributed by atoms with E-state index in [4.69, 9.17) is 0 Å². The summed E-state index contributed by atoms with van der Waals surface area (Å²) >= 11 is 1.88. The molecule has 0 aromatic rings. The van der Waals surface area contributed by atoms with Gasteiger partial charge in [0.1, 0.15) is 0 Å². The van der Waals surface area contributed by atoms with Crippen LogP contribution in [0.2, 0.25) is 0 Å². The van der Waals surface area contributed by atoms with Crippen molar-refractivity contribution in [2.75, 3.05) is 6.26 Å². The van der Waals surface area contributed by atoms with Crippen molar-refractivity contribution in [2.24, 2.45) is 0 Å². The largest absolute Gasteiger partial charge is 0.159 e. The molecule has 1 heteroatoms. The molecule has 0 saturated heterocycles. The lowest BCUT2D eigenvalue weighted by atomic mass is 10.3. The molecule has 0 aliphatic carbocycles. The lowest BCUT2D eigenvalue weighted by Crippen LogP contribution is -2.04. The van der Waals surface area contributed by atoms with Crippen LogP contribution >= 0.6 is 11.8 Å². The van der Waals surface area contributed by atoms with Crippen LogP contribution in [0.4, 0.5) is 0 Å². The summed E-state index contributed by atoms with van der Waals surface area (Å²) in [5.41, 5.74) is 0. The molecule has 0 aromatic carbocycles. The monoisotopic (exact) mass is 120 g/mol. The Balaban J connectivity index is 0.